The minimum atomic E-state index is -0.525. The molecule has 0 radical (unpaired) electrons. The SMILES string of the molecule is COc1ccc(-n2cc(C(=O)c3cc(C)ccc3O)cc(C(C)=O)c2=O)cc1. The van der Waals surface area contributed by atoms with Crippen LogP contribution >= 0.6 is 0 Å². The number of Topliss-reactive ketones (excluding diaryl/α,β-unsaturated/α-hetero) is 1. The van der Waals surface area contributed by atoms with Gasteiger partial charge in [-0.1, -0.05) is 11.6 Å². The lowest BCUT2D eigenvalue weighted by Crippen LogP contribution is -2.25. The second kappa shape index (κ2) is 7.52. The number of pyridine rings is 1. The van der Waals surface area contributed by atoms with Crippen LogP contribution in [0, 0.1) is 6.92 Å². The summed E-state index contributed by atoms with van der Waals surface area (Å²) in [4.78, 5) is 37.7. The molecule has 1 aromatic heterocycles. The number of methoxy groups -OCH3 is 1. The second-order valence-electron chi connectivity index (χ2n) is 6.42. The van der Waals surface area contributed by atoms with Crippen LogP contribution in [0.5, 0.6) is 11.5 Å². The van der Waals surface area contributed by atoms with Gasteiger partial charge in [0.25, 0.3) is 5.56 Å². The van der Waals surface area contributed by atoms with Crippen LogP contribution in [0.25, 0.3) is 5.69 Å². The minimum absolute atomic E-state index is 0.103. The van der Waals surface area contributed by atoms with E-state index >= 15 is 0 Å². The number of aromatic hydroxyl groups is 1. The number of carbonyl (C=O) groups excluding carboxylic acids is 2. The Kier molecular flexibility index (Phi) is 5.13. The molecule has 0 spiro atoms. The third-order valence-corrected chi connectivity index (χ3v) is 4.41. The predicted octanol–water partition coefficient (Wildman–Crippen LogP) is 3.29. The van der Waals surface area contributed by atoms with Crippen molar-refractivity contribution in [2.24, 2.45) is 0 Å². The molecule has 0 saturated heterocycles. The average molecular weight is 377 g/mol. The smallest absolute Gasteiger partial charge is 0.265 e. The Balaban J connectivity index is 2.20. The van der Waals surface area contributed by atoms with Crippen molar-refractivity contribution in [1.82, 2.24) is 4.57 Å². The number of ketones is 2. The van der Waals surface area contributed by atoms with Crippen molar-refractivity contribution in [2.75, 3.05) is 7.11 Å². The van der Waals surface area contributed by atoms with E-state index in [0.717, 1.165) is 5.56 Å². The number of phenolic OH excluding ortho intramolecular Hbond substituents is 1. The van der Waals surface area contributed by atoms with Gasteiger partial charge in [-0.3, -0.25) is 19.0 Å². The molecule has 0 amide bonds. The molecule has 0 unspecified atom stereocenters. The molecule has 3 rings (SSSR count). The van der Waals surface area contributed by atoms with Gasteiger partial charge in [-0.05, 0) is 56.3 Å². The van der Waals surface area contributed by atoms with Crippen LogP contribution in [0.3, 0.4) is 0 Å². The number of hydrogen-bond donors (Lipinski definition) is 1. The molecule has 0 aliphatic rings. The number of aromatic nitrogens is 1. The Morgan fingerprint density at radius 2 is 1.68 bits per heavy atom. The van der Waals surface area contributed by atoms with Gasteiger partial charge in [0.2, 0.25) is 0 Å². The molecule has 6 heteroatoms. The van der Waals surface area contributed by atoms with Gasteiger partial charge in [0, 0.05) is 17.4 Å². The standard InChI is InChI=1S/C22H19NO5/c1-13-4-9-20(25)19(10-13)21(26)15-11-18(14(2)24)22(27)23(12-15)16-5-7-17(28-3)8-6-16/h4-12,25H,1-3H3. The van der Waals surface area contributed by atoms with E-state index in [1.165, 1.54) is 36.9 Å². The number of nitrogens with zero attached hydrogens (tertiary/aromatic N) is 1. The molecule has 6 nitrogen and oxygen atoms in total. The zero-order valence-corrected chi connectivity index (χ0v) is 15.7. The zero-order chi connectivity index (χ0) is 20.4. The van der Waals surface area contributed by atoms with Crippen molar-refractivity contribution in [1.29, 1.82) is 0 Å². The van der Waals surface area contributed by atoms with Gasteiger partial charge in [-0.25, -0.2) is 0 Å². The number of benzene rings is 2. The highest BCUT2D eigenvalue weighted by atomic mass is 16.5. The Hall–Kier alpha value is -3.67. The lowest BCUT2D eigenvalue weighted by molar-refractivity contribution is 0.101. The molecule has 2 aromatic carbocycles. The number of carbonyl (C=O) groups is 2. The maximum Gasteiger partial charge on any atom is 0.265 e. The fraction of sp³-hybridized carbons (Fsp3) is 0.136. The fourth-order valence-corrected chi connectivity index (χ4v) is 2.88. The highest BCUT2D eigenvalue weighted by Crippen LogP contribution is 2.23. The van der Waals surface area contributed by atoms with Crippen LogP contribution < -0.4 is 10.3 Å². The van der Waals surface area contributed by atoms with Gasteiger partial charge in [0.1, 0.15) is 11.5 Å². The molecule has 0 aliphatic carbocycles. The van der Waals surface area contributed by atoms with Crippen LogP contribution in [-0.2, 0) is 0 Å². The van der Waals surface area contributed by atoms with Gasteiger partial charge in [0.05, 0.1) is 18.2 Å². The monoisotopic (exact) mass is 377 g/mol. The first kappa shape index (κ1) is 19.1. The maximum absolute atomic E-state index is 13.0. The van der Waals surface area contributed by atoms with Crippen LogP contribution in [-0.4, -0.2) is 28.3 Å². The van der Waals surface area contributed by atoms with E-state index in [4.69, 9.17) is 4.74 Å². The van der Waals surface area contributed by atoms with Gasteiger partial charge in [-0.15, -0.1) is 0 Å². The van der Waals surface area contributed by atoms with E-state index in [1.54, 1.807) is 43.3 Å². The second-order valence-corrected chi connectivity index (χ2v) is 6.42. The first-order valence-electron chi connectivity index (χ1n) is 8.58. The summed E-state index contributed by atoms with van der Waals surface area (Å²) in [6, 6.07) is 12.6. The summed E-state index contributed by atoms with van der Waals surface area (Å²) in [6.07, 6.45) is 1.38. The number of hydrogen-bond acceptors (Lipinski definition) is 5. The predicted molar refractivity (Wildman–Crippen MR) is 105 cm³/mol. The van der Waals surface area contributed by atoms with Gasteiger partial charge >= 0.3 is 0 Å². The lowest BCUT2D eigenvalue weighted by atomic mass is 10.00. The largest absolute Gasteiger partial charge is 0.507 e. The molecule has 142 valence electrons. The fourth-order valence-electron chi connectivity index (χ4n) is 2.88. The molecule has 0 aliphatic heterocycles. The highest BCUT2D eigenvalue weighted by Gasteiger charge is 2.19. The summed E-state index contributed by atoms with van der Waals surface area (Å²) in [5.74, 6) is -0.482. The van der Waals surface area contributed by atoms with Gasteiger partial charge < -0.3 is 9.84 Å². The molecule has 0 fully saturated rings. The maximum atomic E-state index is 13.0. The molecular weight excluding hydrogens is 358 g/mol. The summed E-state index contributed by atoms with van der Waals surface area (Å²) in [5, 5.41) is 10.1. The van der Waals surface area contributed by atoms with E-state index in [9.17, 15) is 19.5 Å². The lowest BCUT2D eigenvalue weighted by Gasteiger charge is -2.12. The minimum Gasteiger partial charge on any atom is -0.507 e. The van der Waals surface area contributed by atoms with Crippen molar-refractivity contribution in [3.05, 3.63) is 87.3 Å². The average Bonchev–Trinajstić information content (AvgIpc) is 2.69. The first-order valence-corrected chi connectivity index (χ1v) is 8.58. The van der Waals surface area contributed by atoms with E-state index in [0.29, 0.717) is 11.4 Å². The van der Waals surface area contributed by atoms with Gasteiger partial charge in [-0.2, -0.15) is 0 Å². The van der Waals surface area contributed by atoms with Crippen molar-refractivity contribution >= 4 is 11.6 Å². The summed E-state index contributed by atoms with van der Waals surface area (Å²) < 4.78 is 6.36. The van der Waals surface area contributed by atoms with Crippen LogP contribution in [0.15, 0.2) is 59.5 Å². The van der Waals surface area contributed by atoms with Crippen LogP contribution in [0.4, 0.5) is 0 Å². The quantitative estimate of drug-likeness (QED) is 0.690. The number of aryl methyl sites for hydroxylation is 1. The molecule has 0 atom stereocenters. The summed E-state index contributed by atoms with van der Waals surface area (Å²) in [6.45, 7) is 3.07. The molecular formula is C22H19NO5. The summed E-state index contributed by atoms with van der Waals surface area (Å²) >= 11 is 0. The van der Waals surface area contributed by atoms with E-state index in [1.807, 2.05) is 0 Å². The van der Waals surface area contributed by atoms with Crippen molar-refractivity contribution in [3.63, 3.8) is 0 Å². The Bertz CT molecular complexity index is 1130. The van der Waals surface area contributed by atoms with E-state index in [-0.39, 0.29) is 22.4 Å². The molecule has 1 heterocycles. The number of rotatable bonds is 5. The van der Waals surface area contributed by atoms with Crippen molar-refractivity contribution in [2.45, 2.75) is 13.8 Å². The highest BCUT2D eigenvalue weighted by molar-refractivity contribution is 6.11. The molecule has 28 heavy (non-hydrogen) atoms. The van der Waals surface area contributed by atoms with E-state index in [2.05, 4.69) is 0 Å². The van der Waals surface area contributed by atoms with Crippen LogP contribution in [0.1, 0.15) is 38.8 Å². The van der Waals surface area contributed by atoms with Gasteiger partial charge in [0.15, 0.2) is 11.6 Å². The van der Waals surface area contributed by atoms with Crippen molar-refractivity contribution < 1.29 is 19.4 Å². The third kappa shape index (κ3) is 3.57. The Labute approximate surface area is 161 Å². The molecule has 0 bridgehead atoms. The number of ether oxygens (including phenoxy) is 1. The Morgan fingerprint density at radius 3 is 2.29 bits per heavy atom. The third-order valence-electron chi connectivity index (χ3n) is 4.41. The van der Waals surface area contributed by atoms with E-state index < -0.39 is 17.1 Å². The normalized spacial score (nSPS) is 10.5. The molecule has 1 N–H and O–H groups in total. The topological polar surface area (TPSA) is 85.6 Å². The zero-order valence-electron chi connectivity index (χ0n) is 15.7. The first-order chi connectivity index (χ1) is 13.3. The van der Waals surface area contributed by atoms with Crippen molar-refractivity contribution in [3.8, 4) is 17.2 Å². The summed E-state index contributed by atoms with van der Waals surface area (Å²) in [5.41, 5.74) is 0.889. The molecule has 0 saturated carbocycles. The Morgan fingerprint density at radius 1 is 1.00 bits per heavy atom. The van der Waals surface area contributed by atoms with Crippen LogP contribution in [0.2, 0.25) is 0 Å². The summed E-state index contributed by atoms with van der Waals surface area (Å²) in [7, 11) is 1.53. The number of phenols is 1. The molecule has 3 aromatic rings.